The Balaban J connectivity index is 1.58. The van der Waals surface area contributed by atoms with Gasteiger partial charge in [-0.1, -0.05) is 50.6 Å². The summed E-state index contributed by atoms with van der Waals surface area (Å²) in [6.07, 6.45) is -0.456. The fraction of sp³-hybridized carbons (Fsp3) is 0.433. The molecule has 1 saturated heterocycles. The molecule has 0 radical (unpaired) electrons. The van der Waals surface area contributed by atoms with Crippen LogP contribution in [0.2, 0.25) is 5.02 Å². The molecule has 0 saturated carbocycles. The lowest BCUT2D eigenvalue weighted by Gasteiger charge is -2.36. The Hall–Kier alpha value is -3.97. The molecule has 1 fully saturated rings. The molecular formula is C30H33ClFN5O4. The van der Waals surface area contributed by atoms with Gasteiger partial charge in [-0.3, -0.25) is 28.9 Å². The highest BCUT2D eigenvalue weighted by molar-refractivity contribution is 6.31. The molecule has 0 bridgehead atoms. The number of nitrogens with zero attached hydrogens (tertiary/aromatic N) is 3. The van der Waals surface area contributed by atoms with E-state index in [2.05, 4.69) is 15.5 Å². The number of carbonyl (C=O) groups is 4. The van der Waals surface area contributed by atoms with Crippen molar-refractivity contribution < 1.29 is 23.6 Å². The number of carbonyl (C=O) groups excluding carboxylic acids is 4. The molecule has 0 aliphatic carbocycles. The molecule has 0 unspecified atom stereocenters. The van der Waals surface area contributed by atoms with Gasteiger partial charge in [-0.15, -0.1) is 0 Å². The van der Waals surface area contributed by atoms with Crippen LogP contribution in [0.15, 0.2) is 42.5 Å². The minimum absolute atomic E-state index is 0.0159. The largest absolute Gasteiger partial charge is 0.341 e. The third kappa shape index (κ3) is 5.77. The molecule has 2 aromatic rings. The summed E-state index contributed by atoms with van der Waals surface area (Å²) in [6.45, 7) is 15.2. The Morgan fingerprint density at radius 3 is 2.59 bits per heavy atom. The summed E-state index contributed by atoms with van der Waals surface area (Å²) in [6, 6.07) is 8.77. The van der Waals surface area contributed by atoms with Crippen molar-refractivity contribution in [2.45, 2.75) is 64.2 Å². The van der Waals surface area contributed by atoms with Gasteiger partial charge in [0.2, 0.25) is 11.8 Å². The van der Waals surface area contributed by atoms with Crippen LogP contribution in [0.4, 0.5) is 10.1 Å². The van der Waals surface area contributed by atoms with Crippen LogP contribution in [0.3, 0.4) is 0 Å². The van der Waals surface area contributed by atoms with E-state index in [4.69, 9.17) is 18.2 Å². The molecule has 11 heteroatoms. The molecule has 1 spiro atoms. The number of amides is 4. The van der Waals surface area contributed by atoms with Gasteiger partial charge in [-0.2, -0.15) is 0 Å². The lowest BCUT2D eigenvalue weighted by Crippen LogP contribution is -2.56. The lowest BCUT2D eigenvalue weighted by atomic mass is 9.80. The summed E-state index contributed by atoms with van der Waals surface area (Å²) in [4.78, 5) is 60.0. The fourth-order valence-corrected chi connectivity index (χ4v) is 5.74. The predicted molar refractivity (Wildman–Crippen MR) is 152 cm³/mol. The van der Waals surface area contributed by atoms with Crippen molar-refractivity contribution in [3.05, 3.63) is 75.8 Å². The highest BCUT2D eigenvalue weighted by Gasteiger charge is 2.59. The van der Waals surface area contributed by atoms with E-state index in [1.54, 1.807) is 6.07 Å². The van der Waals surface area contributed by atoms with Gasteiger partial charge < -0.3 is 15.5 Å². The summed E-state index contributed by atoms with van der Waals surface area (Å²) in [7, 11) is 1.49. The van der Waals surface area contributed by atoms with Crippen LogP contribution in [-0.4, -0.2) is 65.3 Å². The molecule has 2 heterocycles. The summed E-state index contributed by atoms with van der Waals surface area (Å²) in [5, 5.41) is 5.25. The summed E-state index contributed by atoms with van der Waals surface area (Å²) < 4.78 is 13.5. The average Bonchev–Trinajstić information content (AvgIpc) is 3.44. The Bertz CT molecular complexity index is 1450. The van der Waals surface area contributed by atoms with Crippen molar-refractivity contribution in [2.75, 3.05) is 18.9 Å². The SMILES string of the molecule is [C-]#[N+][C@@H]1C[C@@]2(CN1C(=O)[C@H](CC(C)(C)C)N(C)C(=O)[C@H](C)NC(=O)c1ccc(F)c(Cl)c1)C(=O)Nc1ccccc12. The van der Waals surface area contributed by atoms with Crippen molar-refractivity contribution in [3.8, 4) is 0 Å². The zero-order chi connectivity index (χ0) is 30.3. The molecule has 41 heavy (non-hydrogen) atoms. The zero-order valence-corrected chi connectivity index (χ0v) is 24.4. The Morgan fingerprint density at radius 2 is 1.95 bits per heavy atom. The number of hydrogen-bond donors (Lipinski definition) is 2. The Labute approximate surface area is 243 Å². The first kappa shape index (κ1) is 30.0. The van der Waals surface area contributed by atoms with Gasteiger partial charge in [0.25, 0.3) is 11.8 Å². The molecule has 2 N–H and O–H groups in total. The number of hydrogen-bond acceptors (Lipinski definition) is 4. The molecule has 2 aliphatic heterocycles. The van der Waals surface area contributed by atoms with Crippen LogP contribution in [0.1, 0.15) is 56.5 Å². The van der Waals surface area contributed by atoms with Crippen LogP contribution in [0.5, 0.6) is 0 Å². The Kier molecular flexibility index (Phi) is 8.14. The van der Waals surface area contributed by atoms with Crippen molar-refractivity contribution in [2.24, 2.45) is 5.41 Å². The lowest BCUT2D eigenvalue weighted by molar-refractivity contribution is -0.146. The zero-order valence-electron chi connectivity index (χ0n) is 23.6. The summed E-state index contributed by atoms with van der Waals surface area (Å²) >= 11 is 5.79. The maximum absolute atomic E-state index is 14.2. The maximum Gasteiger partial charge on any atom is 0.302 e. The van der Waals surface area contributed by atoms with Gasteiger partial charge in [0.1, 0.15) is 23.3 Å². The van der Waals surface area contributed by atoms with Gasteiger partial charge in [-0.25, -0.2) is 11.0 Å². The number of fused-ring (bicyclic) bond motifs is 2. The van der Waals surface area contributed by atoms with Crippen molar-refractivity contribution in [3.63, 3.8) is 0 Å². The number of halogens is 2. The molecule has 2 aliphatic rings. The van der Waals surface area contributed by atoms with Gasteiger partial charge in [0, 0.05) is 24.8 Å². The molecular weight excluding hydrogens is 549 g/mol. The van der Waals surface area contributed by atoms with E-state index in [1.807, 2.05) is 39.0 Å². The highest BCUT2D eigenvalue weighted by atomic mass is 35.5. The first-order chi connectivity index (χ1) is 19.2. The number of anilines is 1. The Morgan fingerprint density at radius 1 is 1.27 bits per heavy atom. The third-order valence-electron chi connectivity index (χ3n) is 7.69. The fourth-order valence-electron chi connectivity index (χ4n) is 5.56. The minimum atomic E-state index is -1.05. The number of benzene rings is 2. The molecule has 4 rings (SSSR count). The van der Waals surface area contributed by atoms with E-state index in [0.717, 1.165) is 11.6 Å². The molecule has 9 nitrogen and oxygen atoms in total. The number of para-hydroxylation sites is 1. The second-order valence-corrected chi connectivity index (χ2v) is 12.3. The molecule has 2 aromatic carbocycles. The summed E-state index contributed by atoms with van der Waals surface area (Å²) in [5.74, 6) is -2.51. The smallest absolute Gasteiger partial charge is 0.302 e. The van der Waals surface area contributed by atoms with Gasteiger partial charge >= 0.3 is 6.17 Å². The number of rotatable bonds is 6. The second-order valence-electron chi connectivity index (χ2n) is 11.9. The van der Waals surface area contributed by atoms with Gasteiger partial charge in [-0.05, 0) is 48.6 Å². The van der Waals surface area contributed by atoms with Crippen LogP contribution in [0, 0.1) is 17.8 Å². The first-order valence-electron chi connectivity index (χ1n) is 13.3. The van der Waals surface area contributed by atoms with E-state index < -0.39 is 47.2 Å². The molecule has 0 aromatic heterocycles. The van der Waals surface area contributed by atoms with E-state index in [9.17, 15) is 23.6 Å². The summed E-state index contributed by atoms with van der Waals surface area (Å²) in [5.41, 5.74) is 0.0743. The normalized spacial score (nSPS) is 21.1. The van der Waals surface area contributed by atoms with Crippen molar-refractivity contribution in [1.29, 1.82) is 0 Å². The number of nitrogens with one attached hydrogen (secondary N) is 2. The van der Waals surface area contributed by atoms with E-state index in [-0.39, 0.29) is 41.3 Å². The first-order valence-corrected chi connectivity index (χ1v) is 13.7. The van der Waals surface area contributed by atoms with Crippen LogP contribution >= 0.6 is 11.6 Å². The van der Waals surface area contributed by atoms with E-state index >= 15 is 0 Å². The average molecular weight is 582 g/mol. The topological polar surface area (TPSA) is 103 Å². The van der Waals surface area contributed by atoms with Crippen molar-refractivity contribution in [1.82, 2.24) is 15.1 Å². The monoisotopic (exact) mass is 581 g/mol. The van der Waals surface area contributed by atoms with E-state index in [0.29, 0.717) is 5.69 Å². The van der Waals surface area contributed by atoms with E-state index in [1.165, 1.54) is 35.9 Å². The second kappa shape index (κ2) is 11.1. The van der Waals surface area contributed by atoms with Crippen LogP contribution in [-0.2, 0) is 19.8 Å². The van der Waals surface area contributed by atoms with Crippen LogP contribution < -0.4 is 10.6 Å². The van der Waals surface area contributed by atoms with Crippen molar-refractivity contribution >= 4 is 40.9 Å². The van der Waals surface area contributed by atoms with Gasteiger partial charge in [0.15, 0.2) is 0 Å². The number of likely N-dealkylation sites (tertiary alicyclic amines) is 1. The van der Waals surface area contributed by atoms with Crippen LogP contribution in [0.25, 0.3) is 4.85 Å². The standard InChI is InChI=1S/C30H33ClFN5O4/c1-17(34-25(38)18-11-12-21(32)20(31)13-18)26(39)36(6)23(14-29(2,3)4)27(40)37-16-30(15-24(37)33-5)19-9-7-8-10-22(19)35-28(30)41/h7-13,17,23-24H,14-16H2,1-4,6H3,(H,34,38)(H,35,41)/t17-,23-,24-,30-/m0/s1. The molecule has 4 atom stereocenters. The number of likely N-dealkylation sites (N-methyl/N-ethyl adjacent to an activating group) is 1. The minimum Gasteiger partial charge on any atom is -0.341 e. The third-order valence-corrected chi connectivity index (χ3v) is 7.98. The maximum atomic E-state index is 14.2. The quantitative estimate of drug-likeness (QED) is 0.498. The highest BCUT2D eigenvalue weighted by Crippen LogP contribution is 2.47. The van der Waals surface area contributed by atoms with Gasteiger partial charge in [0.05, 0.1) is 11.4 Å². The molecule has 216 valence electrons. The molecule has 4 amide bonds. The predicted octanol–water partition coefficient (Wildman–Crippen LogP) is 4.23.